The first kappa shape index (κ1) is 69.8. The molecule has 1 atom stereocenters. The molecule has 0 saturated carbocycles. The van der Waals surface area contributed by atoms with E-state index in [9.17, 15) is 14.4 Å². The van der Waals surface area contributed by atoms with Crippen LogP contribution >= 0.6 is 0 Å². The van der Waals surface area contributed by atoms with Crippen LogP contribution in [0.2, 0.25) is 0 Å². The molecule has 0 aromatic heterocycles. The van der Waals surface area contributed by atoms with Crippen molar-refractivity contribution in [2.75, 3.05) is 13.2 Å². The minimum Gasteiger partial charge on any atom is -0.462 e. The Morgan fingerprint density at radius 1 is 0.284 bits per heavy atom. The van der Waals surface area contributed by atoms with Crippen molar-refractivity contribution in [2.45, 2.75) is 277 Å². The predicted octanol–water partition coefficient (Wildman–Crippen LogP) is 20.8. The summed E-state index contributed by atoms with van der Waals surface area (Å²) in [6, 6.07) is 0. The summed E-state index contributed by atoms with van der Waals surface area (Å²) in [6.07, 6.45) is 84.9. The van der Waals surface area contributed by atoms with Gasteiger partial charge in [-0.1, -0.05) is 258 Å². The van der Waals surface area contributed by atoms with Crippen molar-refractivity contribution in [1.82, 2.24) is 0 Å². The molecular formula is C68H112O6. The monoisotopic (exact) mass is 1020 g/mol. The van der Waals surface area contributed by atoms with Crippen LogP contribution in [0.5, 0.6) is 0 Å². The fraction of sp³-hybridized carbons (Fsp3) is 0.662. The maximum Gasteiger partial charge on any atom is 0.306 e. The van der Waals surface area contributed by atoms with Gasteiger partial charge in [-0.05, 0) is 116 Å². The average Bonchev–Trinajstić information content (AvgIpc) is 3.40. The van der Waals surface area contributed by atoms with Gasteiger partial charge >= 0.3 is 17.9 Å². The fourth-order valence-corrected chi connectivity index (χ4v) is 8.13. The third kappa shape index (κ3) is 58.7. The summed E-state index contributed by atoms with van der Waals surface area (Å²) in [4.78, 5) is 38.1. The van der Waals surface area contributed by atoms with E-state index in [-0.39, 0.29) is 31.1 Å². The molecular weight excluding hydrogens is 913 g/mol. The third-order valence-electron chi connectivity index (χ3n) is 12.7. The van der Waals surface area contributed by atoms with Crippen LogP contribution in [0.3, 0.4) is 0 Å². The van der Waals surface area contributed by atoms with Crippen LogP contribution < -0.4 is 0 Å². The molecule has 0 aromatic rings. The molecule has 6 heteroatoms. The van der Waals surface area contributed by atoms with Crippen molar-refractivity contribution in [1.29, 1.82) is 0 Å². The normalized spacial score (nSPS) is 13.0. The number of unbranched alkanes of at least 4 members (excludes halogenated alkanes) is 23. The Kier molecular flexibility index (Phi) is 57.9. The minimum atomic E-state index is -0.790. The average molecular weight is 1030 g/mol. The lowest BCUT2D eigenvalue weighted by Crippen LogP contribution is -2.30. The van der Waals surface area contributed by atoms with E-state index in [4.69, 9.17) is 14.2 Å². The number of allylic oxidation sites excluding steroid dienone is 20. The topological polar surface area (TPSA) is 78.9 Å². The van der Waals surface area contributed by atoms with Crippen molar-refractivity contribution in [2.24, 2.45) is 0 Å². The summed E-state index contributed by atoms with van der Waals surface area (Å²) in [5.74, 6) is -0.918. The van der Waals surface area contributed by atoms with Crippen molar-refractivity contribution < 1.29 is 28.6 Å². The number of carbonyl (C=O) groups excluding carboxylic acids is 3. The second-order valence-corrected chi connectivity index (χ2v) is 19.9. The molecule has 0 heterocycles. The van der Waals surface area contributed by atoms with Crippen molar-refractivity contribution in [3.05, 3.63) is 122 Å². The fourth-order valence-electron chi connectivity index (χ4n) is 8.13. The first-order valence-corrected chi connectivity index (χ1v) is 30.5. The minimum absolute atomic E-state index is 0.0872. The van der Waals surface area contributed by atoms with Gasteiger partial charge in [-0.3, -0.25) is 14.4 Å². The highest BCUT2D eigenvalue weighted by Gasteiger charge is 2.19. The maximum atomic E-state index is 12.8. The van der Waals surface area contributed by atoms with E-state index in [1.165, 1.54) is 83.5 Å². The molecule has 0 bridgehead atoms. The third-order valence-corrected chi connectivity index (χ3v) is 12.7. The summed E-state index contributed by atoms with van der Waals surface area (Å²) in [7, 11) is 0. The Bertz CT molecular complexity index is 1550. The second kappa shape index (κ2) is 61.4. The zero-order valence-electron chi connectivity index (χ0n) is 48.1. The summed E-state index contributed by atoms with van der Waals surface area (Å²) >= 11 is 0. The molecule has 0 aliphatic carbocycles. The van der Waals surface area contributed by atoms with Gasteiger partial charge in [-0.2, -0.15) is 0 Å². The SMILES string of the molecule is CC/C=C\C/C=C\C/C=C\C/C=C\C/C=C\C/C=C\C/C=C\C/C=C\C/C=C\CCCCCCCC(=O)OCC(COC(=O)CCCCCCCCCCCC)OC(=O)CCCCCCC/C=C\CCCCCC. The van der Waals surface area contributed by atoms with Gasteiger partial charge in [0.25, 0.3) is 0 Å². The van der Waals surface area contributed by atoms with Gasteiger partial charge < -0.3 is 14.2 Å². The van der Waals surface area contributed by atoms with Crippen molar-refractivity contribution in [3.8, 4) is 0 Å². The quantitative estimate of drug-likeness (QED) is 0.0261. The number of esters is 3. The Morgan fingerprint density at radius 2 is 0.527 bits per heavy atom. The predicted molar refractivity (Wildman–Crippen MR) is 320 cm³/mol. The van der Waals surface area contributed by atoms with E-state index in [1.54, 1.807) is 0 Å². The lowest BCUT2D eigenvalue weighted by Gasteiger charge is -2.18. The Balaban J connectivity index is 4.25. The first-order valence-electron chi connectivity index (χ1n) is 30.5. The second-order valence-electron chi connectivity index (χ2n) is 19.9. The van der Waals surface area contributed by atoms with Crippen LogP contribution in [0.1, 0.15) is 271 Å². The lowest BCUT2D eigenvalue weighted by atomic mass is 10.1. The molecule has 0 rings (SSSR count). The van der Waals surface area contributed by atoms with Crippen molar-refractivity contribution in [3.63, 3.8) is 0 Å². The molecule has 420 valence electrons. The largest absolute Gasteiger partial charge is 0.462 e. The number of hydrogen-bond acceptors (Lipinski definition) is 6. The molecule has 1 unspecified atom stereocenters. The van der Waals surface area contributed by atoms with Gasteiger partial charge in [-0.25, -0.2) is 0 Å². The number of rotatable bonds is 54. The summed E-state index contributed by atoms with van der Waals surface area (Å²) in [6.45, 7) is 6.47. The smallest absolute Gasteiger partial charge is 0.306 e. The number of hydrogen-bond donors (Lipinski definition) is 0. The van der Waals surface area contributed by atoms with Crippen molar-refractivity contribution >= 4 is 17.9 Å². The molecule has 0 aliphatic heterocycles. The molecule has 0 saturated heterocycles. The van der Waals surface area contributed by atoms with Crippen LogP contribution in [0.15, 0.2) is 122 Å². The van der Waals surface area contributed by atoms with Gasteiger partial charge in [0.15, 0.2) is 6.10 Å². The summed E-state index contributed by atoms with van der Waals surface area (Å²) in [5, 5.41) is 0. The molecule has 0 fully saturated rings. The van der Waals surface area contributed by atoms with Gasteiger partial charge in [0, 0.05) is 19.3 Å². The molecule has 0 spiro atoms. The van der Waals surface area contributed by atoms with E-state index in [2.05, 4.69) is 142 Å². The Morgan fingerprint density at radius 3 is 0.851 bits per heavy atom. The van der Waals surface area contributed by atoms with Crippen LogP contribution in [0, 0.1) is 0 Å². The highest BCUT2D eigenvalue weighted by molar-refractivity contribution is 5.71. The zero-order chi connectivity index (χ0) is 53.6. The van der Waals surface area contributed by atoms with E-state index in [1.807, 2.05) is 0 Å². The molecule has 0 radical (unpaired) electrons. The standard InChI is InChI=1S/C68H112O6/c1-4-7-10-13-16-19-22-24-25-26-27-28-29-30-31-32-33-34-35-36-37-38-39-40-41-42-43-45-46-49-52-55-58-61-67(70)73-64-65(63-72-66(69)60-57-54-51-48-21-18-15-12-9-6-3)74-68(71)62-59-56-53-50-47-44-23-20-17-14-11-8-5-2/h7,10,16,19-20,23-25,27-28,30-31,33-34,36-37,39-40,42-43,65H,4-6,8-9,11-15,17-18,21-22,26,29,32,35,38,41,44-64H2,1-3H3/b10-7-,19-16-,23-20-,25-24-,28-27-,31-30-,34-33-,37-36-,40-39-,43-42-. The van der Waals surface area contributed by atoms with Gasteiger partial charge in [0.2, 0.25) is 0 Å². The number of carbonyl (C=O) groups is 3. The number of ether oxygens (including phenoxy) is 3. The van der Waals surface area contributed by atoms with Crippen LogP contribution in [0.4, 0.5) is 0 Å². The van der Waals surface area contributed by atoms with Crippen LogP contribution in [-0.2, 0) is 28.6 Å². The molecule has 0 aromatic carbocycles. The molecule has 0 aliphatic rings. The first-order chi connectivity index (χ1) is 36.5. The zero-order valence-corrected chi connectivity index (χ0v) is 48.1. The Labute approximate surface area is 456 Å². The molecule has 74 heavy (non-hydrogen) atoms. The van der Waals surface area contributed by atoms with E-state index in [0.29, 0.717) is 19.3 Å². The maximum absolute atomic E-state index is 12.8. The molecule has 0 amide bonds. The highest BCUT2D eigenvalue weighted by Crippen LogP contribution is 2.14. The molecule has 0 N–H and O–H groups in total. The van der Waals surface area contributed by atoms with Gasteiger partial charge in [0.1, 0.15) is 13.2 Å². The lowest BCUT2D eigenvalue weighted by molar-refractivity contribution is -0.167. The summed E-state index contributed by atoms with van der Waals surface area (Å²) < 4.78 is 16.8. The van der Waals surface area contributed by atoms with E-state index < -0.39 is 6.10 Å². The van der Waals surface area contributed by atoms with E-state index in [0.717, 1.165) is 148 Å². The Hall–Kier alpha value is -4.19. The summed E-state index contributed by atoms with van der Waals surface area (Å²) in [5.41, 5.74) is 0. The molecule has 6 nitrogen and oxygen atoms in total. The van der Waals surface area contributed by atoms with E-state index >= 15 is 0 Å². The van der Waals surface area contributed by atoms with Gasteiger partial charge in [0.05, 0.1) is 0 Å². The van der Waals surface area contributed by atoms with Crippen LogP contribution in [-0.4, -0.2) is 37.2 Å². The van der Waals surface area contributed by atoms with Gasteiger partial charge in [-0.15, -0.1) is 0 Å². The highest BCUT2D eigenvalue weighted by atomic mass is 16.6. The van der Waals surface area contributed by atoms with Crippen LogP contribution in [0.25, 0.3) is 0 Å².